The fraction of sp³-hybridized carbons (Fsp3) is 0.227. The van der Waals surface area contributed by atoms with Crippen molar-refractivity contribution in [2.75, 3.05) is 0 Å². The van der Waals surface area contributed by atoms with Gasteiger partial charge in [-0.15, -0.1) is 0 Å². The summed E-state index contributed by atoms with van der Waals surface area (Å²) in [6.07, 6.45) is 11.7. The first-order valence-corrected chi connectivity index (χ1v) is 17.5. The number of aromatic nitrogens is 4. The highest BCUT2D eigenvalue weighted by Gasteiger charge is 2.51. The van der Waals surface area contributed by atoms with Gasteiger partial charge in [-0.05, 0) is 96.1 Å². The summed E-state index contributed by atoms with van der Waals surface area (Å²) in [4.78, 5) is 22.5. The third-order valence-electron chi connectivity index (χ3n) is 11.3. The van der Waals surface area contributed by atoms with Crippen molar-refractivity contribution in [3.8, 4) is 62.5 Å². The highest BCUT2D eigenvalue weighted by atomic mass is 15.0. The third-order valence-corrected chi connectivity index (χ3v) is 11.3. The van der Waals surface area contributed by atoms with Crippen molar-refractivity contribution in [1.29, 1.82) is 5.26 Å². The molecule has 4 aliphatic rings. The van der Waals surface area contributed by atoms with E-state index in [9.17, 15) is 5.26 Å². The van der Waals surface area contributed by atoms with Gasteiger partial charge >= 0.3 is 0 Å². The largest absolute Gasteiger partial charge is 0.263 e. The van der Waals surface area contributed by atoms with Crippen molar-refractivity contribution in [2.24, 2.45) is 17.8 Å². The molecule has 6 nitrogen and oxygen atoms in total. The summed E-state index contributed by atoms with van der Waals surface area (Å²) in [5.74, 6) is 4.44. The van der Waals surface area contributed by atoms with E-state index in [2.05, 4.69) is 58.4 Å². The van der Waals surface area contributed by atoms with Crippen LogP contribution >= 0.6 is 0 Å². The Balaban J connectivity index is 1.07. The van der Waals surface area contributed by atoms with Crippen LogP contribution in [-0.4, -0.2) is 19.9 Å². The van der Waals surface area contributed by atoms with Crippen LogP contribution < -0.4 is 0 Å². The predicted octanol–water partition coefficient (Wildman–Crippen LogP) is 10.5. The molecule has 0 N–H and O–H groups in total. The highest BCUT2D eigenvalue weighted by Crippen LogP contribution is 2.60. The van der Waals surface area contributed by atoms with Gasteiger partial charge in [0, 0.05) is 34.6 Å². The van der Waals surface area contributed by atoms with Crippen molar-refractivity contribution < 1.29 is 0 Å². The Morgan fingerprint density at radius 1 is 0.620 bits per heavy atom. The van der Waals surface area contributed by atoms with Crippen molar-refractivity contribution in [1.82, 2.24) is 19.9 Å². The lowest BCUT2D eigenvalue weighted by Gasteiger charge is -2.57. The second-order valence-corrected chi connectivity index (χ2v) is 14.4. The Hall–Kier alpha value is -5.98. The van der Waals surface area contributed by atoms with Gasteiger partial charge in [0.2, 0.25) is 0 Å². The van der Waals surface area contributed by atoms with E-state index in [0.717, 1.165) is 51.1 Å². The van der Waals surface area contributed by atoms with E-state index in [4.69, 9.17) is 21.5 Å². The number of nitrogens with zero attached hydrogens (tertiary/aromatic N) is 6. The van der Waals surface area contributed by atoms with E-state index >= 15 is 0 Å². The van der Waals surface area contributed by atoms with E-state index in [1.54, 1.807) is 24.5 Å². The molecule has 240 valence electrons. The van der Waals surface area contributed by atoms with Crippen LogP contribution in [0.2, 0.25) is 0 Å². The minimum atomic E-state index is 0.383. The number of hydrogen-bond donors (Lipinski definition) is 0. The number of pyridine rings is 1. The molecule has 0 spiro atoms. The van der Waals surface area contributed by atoms with Gasteiger partial charge in [0.25, 0.3) is 0 Å². The molecule has 0 aliphatic heterocycles. The summed E-state index contributed by atoms with van der Waals surface area (Å²) in [7, 11) is 0. The second kappa shape index (κ2) is 12.2. The quantitative estimate of drug-likeness (QED) is 0.168. The molecule has 4 fully saturated rings. The van der Waals surface area contributed by atoms with Crippen LogP contribution in [0.4, 0.5) is 5.69 Å². The summed E-state index contributed by atoms with van der Waals surface area (Å²) in [6, 6.07) is 37.2. The zero-order valence-corrected chi connectivity index (χ0v) is 27.6. The molecule has 0 radical (unpaired) electrons. The van der Waals surface area contributed by atoms with Crippen LogP contribution in [0.15, 0.2) is 116 Å². The Labute approximate surface area is 292 Å². The molecule has 4 bridgehead atoms. The summed E-state index contributed by atoms with van der Waals surface area (Å²) < 4.78 is 0. The van der Waals surface area contributed by atoms with E-state index in [-0.39, 0.29) is 0 Å². The van der Waals surface area contributed by atoms with Crippen LogP contribution in [0.25, 0.3) is 61.3 Å². The molecular weight excluding hydrogens is 613 g/mol. The number of nitriles is 1. The van der Waals surface area contributed by atoms with E-state index < -0.39 is 0 Å². The summed E-state index contributed by atoms with van der Waals surface area (Å²) in [5.41, 5.74) is 9.61. The minimum Gasteiger partial charge on any atom is -0.263 e. The van der Waals surface area contributed by atoms with Gasteiger partial charge in [-0.3, -0.25) is 4.98 Å². The molecule has 0 amide bonds. The highest BCUT2D eigenvalue weighted by molar-refractivity contribution is 5.75. The normalized spacial score (nSPS) is 21.8. The van der Waals surface area contributed by atoms with Crippen molar-refractivity contribution in [2.45, 2.75) is 43.9 Å². The number of hydrogen-bond acceptors (Lipinski definition) is 5. The Bertz CT molecular complexity index is 2280. The molecule has 0 unspecified atom stereocenters. The Kier molecular flexibility index (Phi) is 7.32. The van der Waals surface area contributed by atoms with Gasteiger partial charge in [-0.2, -0.15) is 5.26 Å². The smallest absolute Gasteiger partial charge is 0.187 e. The average molecular weight is 647 g/mol. The van der Waals surface area contributed by atoms with Crippen LogP contribution in [0.3, 0.4) is 0 Å². The molecule has 2 heterocycles. The maximum Gasteiger partial charge on any atom is 0.187 e. The fourth-order valence-corrected chi connectivity index (χ4v) is 9.30. The van der Waals surface area contributed by atoms with Crippen LogP contribution in [0.1, 0.15) is 49.7 Å². The maximum absolute atomic E-state index is 9.59. The monoisotopic (exact) mass is 646 g/mol. The first kappa shape index (κ1) is 30.1. The first-order chi connectivity index (χ1) is 24.6. The molecule has 4 aromatic carbocycles. The van der Waals surface area contributed by atoms with Crippen LogP contribution in [-0.2, 0) is 5.41 Å². The van der Waals surface area contributed by atoms with Gasteiger partial charge < -0.3 is 0 Å². The molecule has 0 atom stereocenters. The maximum atomic E-state index is 9.59. The fourth-order valence-electron chi connectivity index (χ4n) is 9.30. The molecule has 10 rings (SSSR count). The second-order valence-electron chi connectivity index (χ2n) is 14.4. The van der Waals surface area contributed by atoms with Crippen LogP contribution in [0, 0.1) is 35.7 Å². The van der Waals surface area contributed by atoms with Crippen molar-refractivity contribution in [3.05, 3.63) is 138 Å². The zero-order valence-electron chi connectivity index (χ0n) is 27.6. The summed E-state index contributed by atoms with van der Waals surface area (Å²) in [5, 5.41) is 9.59. The molecule has 4 aliphatic carbocycles. The Morgan fingerprint density at radius 3 is 1.76 bits per heavy atom. The molecule has 0 saturated heterocycles. The lowest BCUT2D eigenvalue weighted by Crippen LogP contribution is -2.48. The lowest BCUT2D eigenvalue weighted by molar-refractivity contribution is -0.00518. The summed E-state index contributed by atoms with van der Waals surface area (Å²) >= 11 is 0. The van der Waals surface area contributed by atoms with Crippen molar-refractivity contribution >= 4 is 5.69 Å². The third kappa shape index (κ3) is 5.44. The number of rotatable bonds is 6. The topological polar surface area (TPSA) is 79.7 Å². The molecular formula is C44H34N6. The Morgan fingerprint density at radius 2 is 1.16 bits per heavy atom. The van der Waals surface area contributed by atoms with Gasteiger partial charge in [0.05, 0.1) is 12.1 Å². The molecule has 50 heavy (non-hydrogen) atoms. The average Bonchev–Trinajstić information content (AvgIpc) is 3.17. The van der Waals surface area contributed by atoms with Gasteiger partial charge in [0.15, 0.2) is 23.2 Å². The SMILES string of the molecule is [C-]#[N+]c1ccc(-c2nc(-c3ccc(-c4ccncc4C#N)cc3)nc(-c3cccc(-c4ccc(C56CC7CC(CC(C7)C5)C6)cc4)c3)n2)cc1. The molecule has 6 heteroatoms. The standard InChI is InChI=1S/C44H34N6/c1-46-39-15-11-34(12-16-39)42-48-41(33-7-5-32(6-8-33)40-17-18-47-27-37(40)26-45)49-43(50-42)36-4-2-3-35(22-36)31-9-13-38(14-10-31)44-23-28-19-29(24-44)21-30(20-28)25-44/h2-18,22,27-30H,19-21,23-25H2. The first-order valence-electron chi connectivity index (χ1n) is 17.5. The molecule has 2 aromatic heterocycles. The molecule has 4 saturated carbocycles. The van der Waals surface area contributed by atoms with Gasteiger partial charge in [-0.25, -0.2) is 19.8 Å². The predicted molar refractivity (Wildman–Crippen MR) is 196 cm³/mol. The van der Waals surface area contributed by atoms with E-state index in [1.807, 2.05) is 48.5 Å². The van der Waals surface area contributed by atoms with Gasteiger partial charge in [-0.1, -0.05) is 91.0 Å². The van der Waals surface area contributed by atoms with E-state index in [1.165, 1.54) is 49.7 Å². The van der Waals surface area contributed by atoms with Crippen LogP contribution in [0.5, 0.6) is 0 Å². The van der Waals surface area contributed by atoms with E-state index in [0.29, 0.717) is 34.1 Å². The zero-order chi connectivity index (χ0) is 33.7. The minimum absolute atomic E-state index is 0.383. The van der Waals surface area contributed by atoms with Crippen molar-refractivity contribution in [3.63, 3.8) is 0 Å². The lowest BCUT2D eigenvalue weighted by atomic mass is 9.48. The summed E-state index contributed by atoms with van der Waals surface area (Å²) in [6.45, 7) is 7.37. The van der Waals surface area contributed by atoms with Gasteiger partial charge in [0.1, 0.15) is 6.07 Å². The molecule has 6 aromatic rings. The number of benzene rings is 4.